The molecule has 2 unspecified atom stereocenters. The molecule has 0 bridgehead atoms. The minimum Gasteiger partial charge on any atom is -0.356 e. The van der Waals surface area contributed by atoms with Crippen molar-refractivity contribution >= 4 is 47.0 Å². The number of hydrogen-bond donors (Lipinski definition) is 4. The number of unbranched alkanes of at least 4 members (excludes halogenated alkanes) is 2. The molecule has 0 aliphatic carbocycles. The van der Waals surface area contributed by atoms with Gasteiger partial charge in [0.2, 0.25) is 17.7 Å². The summed E-state index contributed by atoms with van der Waals surface area (Å²) in [5.74, 6) is -0.257. The van der Waals surface area contributed by atoms with Crippen molar-refractivity contribution in [3.8, 4) is 0 Å². The van der Waals surface area contributed by atoms with Crippen LogP contribution in [0.4, 0.5) is 4.79 Å². The first-order chi connectivity index (χ1) is 23.1. The lowest BCUT2D eigenvalue weighted by Gasteiger charge is -2.43. The minimum atomic E-state index is -0.923. The molecule has 262 valence electrons. The molecule has 10 nitrogen and oxygen atoms in total. The van der Waals surface area contributed by atoms with Crippen LogP contribution in [-0.4, -0.2) is 84.9 Å². The lowest BCUT2D eigenvalue weighted by molar-refractivity contribution is -0.142. The Morgan fingerprint density at radius 3 is 2.46 bits per heavy atom. The van der Waals surface area contributed by atoms with Gasteiger partial charge in [-0.1, -0.05) is 66.0 Å². The number of benzene rings is 2. The molecule has 12 heteroatoms. The number of nitrogens with one attached hydrogen (secondary N) is 3. The van der Waals surface area contributed by atoms with Crippen molar-refractivity contribution < 1.29 is 19.2 Å². The summed E-state index contributed by atoms with van der Waals surface area (Å²) in [5, 5.41) is 9.71. The van der Waals surface area contributed by atoms with Crippen LogP contribution in [0.2, 0.25) is 10.0 Å². The van der Waals surface area contributed by atoms with E-state index in [1.807, 2.05) is 42.2 Å². The Bertz CT molecular complexity index is 1400. The number of carbonyl (C=O) groups is 4. The number of nitrogens with two attached hydrogens (primary N) is 1. The summed E-state index contributed by atoms with van der Waals surface area (Å²) in [6.45, 7) is 4.80. The Morgan fingerprint density at radius 2 is 1.73 bits per heavy atom. The Labute approximate surface area is 294 Å². The molecule has 3 atom stereocenters. The van der Waals surface area contributed by atoms with Gasteiger partial charge < -0.3 is 31.5 Å². The fraction of sp³-hybridized carbons (Fsp3) is 0.556. The average Bonchev–Trinajstić information content (AvgIpc) is 3.08. The van der Waals surface area contributed by atoms with Gasteiger partial charge in [0.15, 0.2) is 0 Å². The highest BCUT2D eigenvalue weighted by Gasteiger charge is 2.44. The van der Waals surface area contributed by atoms with E-state index in [-0.39, 0.29) is 36.7 Å². The molecule has 2 saturated heterocycles. The van der Waals surface area contributed by atoms with Gasteiger partial charge in [0, 0.05) is 51.6 Å². The van der Waals surface area contributed by atoms with Crippen molar-refractivity contribution in [1.29, 1.82) is 0 Å². The van der Waals surface area contributed by atoms with Gasteiger partial charge in [0.05, 0.1) is 15.5 Å². The zero-order chi connectivity index (χ0) is 34.5. The third-order valence-electron chi connectivity index (χ3n) is 9.32. The normalized spacial score (nSPS) is 20.1. The third kappa shape index (κ3) is 10.6. The van der Waals surface area contributed by atoms with Gasteiger partial charge in [-0.05, 0) is 81.7 Å². The molecule has 0 radical (unpaired) electrons. The molecule has 5 amide bonds. The highest BCUT2D eigenvalue weighted by atomic mass is 35.5. The maximum absolute atomic E-state index is 14.3. The Hall–Kier alpha value is -3.34. The highest BCUT2D eigenvalue weighted by Crippen LogP contribution is 2.35. The minimum absolute atomic E-state index is 0.0751. The van der Waals surface area contributed by atoms with Gasteiger partial charge >= 0.3 is 6.03 Å². The van der Waals surface area contributed by atoms with Crippen molar-refractivity contribution in [2.24, 2.45) is 11.1 Å². The summed E-state index contributed by atoms with van der Waals surface area (Å²) in [6.07, 6.45) is 6.58. The number of amides is 5. The second-order valence-electron chi connectivity index (χ2n) is 13.1. The van der Waals surface area contributed by atoms with Gasteiger partial charge in [0.1, 0.15) is 6.04 Å². The van der Waals surface area contributed by atoms with Crippen molar-refractivity contribution in [3.05, 3.63) is 69.7 Å². The maximum atomic E-state index is 14.3. The van der Waals surface area contributed by atoms with Crippen LogP contribution in [0.15, 0.2) is 48.5 Å². The molecule has 2 aliphatic heterocycles. The van der Waals surface area contributed by atoms with Crippen LogP contribution >= 0.6 is 23.2 Å². The van der Waals surface area contributed by atoms with Crippen LogP contribution in [-0.2, 0) is 27.2 Å². The van der Waals surface area contributed by atoms with Gasteiger partial charge in [-0.2, -0.15) is 0 Å². The number of rotatable bonds is 14. The summed E-state index contributed by atoms with van der Waals surface area (Å²) < 4.78 is 0. The van der Waals surface area contributed by atoms with E-state index in [0.717, 1.165) is 43.2 Å². The molecule has 2 fully saturated rings. The molecule has 0 aromatic heterocycles. The standard InChI is InChI=1S/C36H50Cl2N6O4/c1-2-40-34(47)36(23-26-11-5-3-6-12-26)17-10-20-44(25-36)33(46)31(22-27-15-16-29(37)30(38)21-27)42-35(48)41-28-13-9-19-43(24-28)32(45)14-7-4-8-18-39/h3,5-6,11-12,15-16,21,28,31H,2,4,7-10,13-14,17-20,22-25,39H2,1H3,(H,40,47)(H2,41,42,48)/t28-,31?,36?/m1/s1. The third-order valence-corrected chi connectivity index (χ3v) is 10.1. The van der Waals surface area contributed by atoms with Crippen LogP contribution in [0.5, 0.6) is 0 Å². The molecule has 48 heavy (non-hydrogen) atoms. The second-order valence-corrected chi connectivity index (χ2v) is 13.9. The quantitative estimate of drug-likeness (QED) is 0.212. The van der Waals surface area contributed by atoms with Crippen LogP contribution < -0.4 is 21.7 Å². The number of likely N-dealkylation sites (tertiary alicyclic amines) is 2. The SMILES string of the molecule is CCNC(=O)C1(Cc2ccccc2)CCCN(C(=O)C(Cc2ccc(Cl)c(Cl)c2)NC(=O)N[C@@H]2CCCN(C(=O)CCCCCN)C2)C1. The predicted molar refractivity (Wildman–Crippen MR) is 190 cm³/mol. The topological polar surface area (TPSA) is 137 Å². The van der Waals surface area contributed by atoms with Crippen LogP contribution in [0.25, 0.3) is 0 Å². The zero-order valence-corrected chi connectivity index (χ0v) is 29.5. The smallest absolute Gasteiger partial charge is 0.315 e. The highest BCUT2D eigenvalue weighted by molar-refractivity contribution is 6.42. The average molecular weight is 702 g/mol. The van der Waals surface area contributed by atoms with E-state index in [0.29, 0.717) is 68.5 Å². The lowest BCUT2D eigenvalue weighted by atomic mass is 9.74. The van der Waals surface area contributed by atoms with E-state index in [4.69, 9.17) is 28.9 Å². The van der Waals surface area contributed by atoms with Gasteiger partial charge in [0.25, 0.3) is 0 Å². The van der Waals surface area contributed by atoms with E-state index in [9.17, 15) is 19.2 Å². The summed E-state index contributed by atoms with van der Waals surface area (Å²) in [7, 11) is 0. The molecule has 2 heterocycles. The molecule has 2 aromatic rings. The number of carbonyl (C=O) groups excluding carboxylic acids is 4. The van der Waals surface area contributed by atoms with Crippen molar-refractivity contribution in [2.45, 2.75) is 83.2 Å². The predicted octanol–water partition coefficient (Wildman–Crippen LogP) is 4.70. The molecule has 5 N–H and O–H groups in total. The molecule has 2 aliphatic rings. The first-order valence-electron chi connectivity index (χ1n) is 17.2. The van der Waals surface area contributed by atoms with Crippen molar-refractivity contribution in [3.63, 3.8) is 0 Å². The first-order valence-corrected chi connectivity index (χ1v) is 18.0. The molecular formula is C36H50Cl2N6O4. The van der Waals surface area contributed by atoms with Crippen LogP contribution in [0, 0.1) is 5.41 Å². The summed E-state index contributed by atoms with van der Waals surface area (Å²) in [6, 6.07) is 13.4. The Balaban J connectivity index is 1.49. The van der Waals surface area contributed by atoms with Crippen molar-refractivity contribution in [2.75, 3.05) is 39.3 Å². The maximum Gasteiger partial charge on any atom is 0.315 e. The molecule has 0 spiro atoms. The molecular weight excluding hydrogens is 651 g/mol. The lowest BCUT2D eigenvalue weighted by Crippen LogP contribution is -2.60. The van der Waals surface area contributed by atoms with Gasteiger partial charge in [-0.3, -0.25) is 14.4 Å². The van der Waals surface area contributed by atoms with Gasteiger partial charge in [-0.25, -0.2) is 4.79 Å². The fourth-order valence-corrected chi connectivity index (χ4v) is 7.17. The van der Waals surface area contributed by atoms with E-state index < -0.39 is 17.5 Å². The second kappa shape index (κ2) is 18.4. The van der Waals surface area contributed by atoms with Crippen LogP contribution in [0.3, 0.4) is 0 Å². The summed E-state index contributed by atoms with van der Waals surface area (Å²) in [4.78, 5) is 57.7. The number of halogens is 2. The molecule has 4 rings (SSSR count). The van der Waals surface area contributed by atoms with E-state index in [1.165, 1.54) is 0 Å². The zero-order valence-electron chi connectivity index (χ0n) is 27.9. The molecule has 2 aromatic carbocycles. The Kier molecular flexibility index (Phi) is 14.4. The number of piperidine rings is 2. The summed E-state index contributed by atoms with van der Waals surface area (Å²) in [5.41, 5.74) is 6.54. The monoisotopic (exact) mass is 700 g/mol. The largest absolute Gasteiger partial charge is 0.356 e. The van der Waals surface area contributed by atoms with E-state index in [2.05, 4.69) is 16.0 Å². The van der Waals surface area contributed by atoms with Crippen molar-refractivity contribution in [1.82, 2.24) is 25.8 Å². The number of hydrogen-bond acceptors (Lipinski definition) is 5. The summed E-state index contributed by atoms with van der Waals surface area (Å²) >= 11 is 12.5. The van der Waals surface area contributed by atoms with E-state index in [1.54, 1.807) is 23.1 Å². The van der Waals surface area contributed by atoms with Gasteiger partial charge in [-0.15, -0.1) is 0 Å². The Morgan fingerprint density at radius 1 is 0.958 bits per heavy atom. The molecule has 0 saturated carbocycles. The number of urea groups is 1. The first kappa shape index (κ1) is 37.5. The fourth-order valence-electron chi connectivity index (χ4n) is 6.85. The van der Waals surface area contributed by atoms with Crippen LogP contribution in [0.1, 0.15) is 69.4 Å². The van der Waals surface area contributed by atoms with E-state index >= 15 is 0 Å². The number of nitrogens with zero attached hydrogens (tertiary/aromatic N) is 2.